The largest absolute Gasteiger partial charge is 0.490 e. The first-order valence-corrected chi connectivity index (χ1v) is 7.54. The van der Waals surface area contributed by atoms with Crippen LogP contribution in [0.25, 0.3) is 0 Å². The van der Waals surface area contributed by atoms with Crippen LogP contribution in [-0.4, -0.2) is 64.0 Å². The van der Waals surface area contributed by atoms with Crippen LogP contribution in [-0.2, 0) is 0 Å². The molecule has 22 heavy (non-hydrogen) atoms. The second-order valence-corrected chi connectivity index (χ2v) is 5.96. The van der Waals surface area contributed by atoms with E-state index < -0.39 is 30.4 Å². The van der Waals surface area contributed by atoms with E-state index in [1.165, 1.54) is 0 Å². The highest BCUT2D eigenvalue weighted by atomic mass is 16.5. The minimum Gasteiger partial charge on any atom is -0.490 e. The van der Waals surface area contributed by atoms with Crippen molar-refractivity contribution in [2.45, 2.75) is 50.7 Å². The Morgan fingerprint density at radius 3 is 2.27 bits per heavy atom. The summed E-state index contributed by atoms with van der Waals surface area (Å²) in [5.41, 5.74) is 2.00. The van der Waals surface area contributed by atoms with E-state index in [2.05, 4.69) is 5.32 Å². The van der Waals surface area contributed by atoms with E-state index in [9.17, 15) is 15.3 Å². The summed E-state index contributed by atoms with van der Waals surface area (Å²) in [7, 11) is 0. The number of aliphatic hydroxyl groups is 4. The maximum Gasteiger partial charge on any atom is 0.125 e. The van der Waals surface area contributed by atoms with Gasteiger partial charge in [0, 0.05) is 6.04 Å². The summed E-state index contributed by atoms with van der Waals surface area (Å²) in [4.78, 5) is 0. The van der Waals surface area contributed by atoms with Crippen molar-refractivity contribution in [1.82, 2.24) is 5.32 Å². The molecule has 1 heterocycles. The van der Waals surface area contributed by atoms with E-state index in [0.29, 0.717) is 0 Å². The van der Waals surface area contributed by atoms with Crippen molar-refractivity contribution >= 4 is 0 Å². The van der Waals surface area contributed by atoms with Crippen molar-refractivity contribution in [2.75, 3.05) is 13.2 Å². The Labute approximate surface area is 130 Å². The van der Waals surface area contributed by atoms with Crippen LogP contribution in [0.3, 0.4) is 0 Å². The molecule has 1 saturated heterocycles. The van der Waals surface area contributed by atoms with Gasteiger partial charge in [0.25, 0.3) is 0 Å². The zero-order chi connectivity index (χ0) is 16.3. The zero-order valence-electron chi connectivity index (χ0n) is 12.9. The van der Waals surface area contributed by atoms with Gasteiger partial charge in [0.2, 0.25) is 0 Å². The number of benzene rings is 1. The van der Waals surface area contributed by atoms with Crippen LogP contribution in [0.5, 0.6) is 5.75 Å². The topological polar surface area (TPSA) is 102 Å². The highest BCUT2D eigenvalue weighted by molar-refractivity contribution is 5.39. The average Bonchev–Trinajstić information content (AvgIpc) is 2.74. The van der Waals surface area contributed by atoms with E-state index in [0.717, 1.165) is 16.9 Å². The summed E-state index contributed by atoms with van der Waals surface area (Å²) in [6, 6.07) is 4.80. The summed E-state index contributed by atoms with van der Waals surface area (Å²) in [6.07, 6.45) is -2.58. The number of ether oxygens (including phenoxy) is 1. The van der Waals surface area contributed by atoms with Crippen LogP contribution in [0.2, 0.25) is 0 Å². The van der Waals surface area contributed by atoms with Crippen LogP contribution < -0.4 is 10.1 Å². The van der Waals surface area contributed by atoms with Crippen molar-refractivity contribution in [1.29, 1.82) is 0 Å². The summed E-state index contributed by atoms with van der Waals surface area (Å²) < 4.78 is 5.68. The maximum atomic E-state index is 10.1. The minimum atomic E-state index is -1.03. The number of aliphatic hydroxyl groups excluding tert-OH is 4. The van der Waals surface area contributed by atoms with Crippen molar-refractivity contribution in [2.24, 2.45) is 0 Å². The molecule has 6 nitrogen and oxygen atoms in total. The van der Waals surface area contributed by atoms with Gasteiger partial charge in [0.1, 0.15) is 12.4 Å². The third-order valence-electron chi connectivity index (χ3n) is 4.15. The normalized spacial score (nSPS) is 29.5. The van der Waals surface area contributed by atoms with Gasteiger partial charge in [0.15, 0.2) is 0 Å². The van der Waals surface area contributed by atoms with Crippen LogP contribution in [0, 0.1) is 13.8 Å². The van der Waals surface area contributed by atoms with Gasteiger partial charge in [-0.2, -0.15) is 0 Å². The SMILES string of the molecule is Cc1cccc(C)c1OC[C@H](O)C[C@H]1N[C@H](CO)[C@@H](O)[C@@H]1O. The number of para-hydroxylation sites is 1. The molecule has 0 aromatic heterocycles. The van der Waals surface area contributed by atoms with E-state index in [-0.39, 0.29) is 19.6 Å². The number of nitrogens with one attached hydrogen (secondary N) is 1. The lowest BCUT2D eigenvalue weighted by molar-refractivity contribution is 0.00952. The van der Waals surface area contributed by atoms with Crippen LogP contribution in [0.15, 0.2) is 18.2 Å². The standard InChI is InChI=1S/C16H25NO5/c1-9-4-3-5-10(2)16(9)22-8-11(19)6-12-14(20)15(21)13(7-18)17-12/h3-5,11-15,17-21H,6-8H2,1-2H3/t11-,12-,13-,14-,15-/m1/s1. The fraction of sp³-hybridized carbons (Fsp3) is 0.625. The van der Waals surface area contributed by atoms with Gasteiger partial charge in [-0.15, -0.1) is 0 Å². The van der Waals surface area contributed by atoms with Gasteiger partial charge in [-0.3, -0.25) is 0 Å². The quantitative estimate of drug-likeness (QED) is 0.485. The first kappa shape index (κ1) is 17.2. The Morgan fingerprint density at radius 1 is 1.14 bits per heavy atom. The summed E-state index contributed by atoms with van der Waals surface area (Å²) in [5.74, 6) is 0.759. The van der Waals surface area contributed by atoms with Crippen molar-refractivity contribution in [3.8, 4) is 5.75 Å². The molecule has 6 heteroatoms. The van der Waals surface area contributed by atoms with Crippen molar-refractivity contribution in [3.63, 3.8) is 0 Å². The van der Waals surface area contributed by atoms with Gasteiger partial charge in [-0.05, 0) is 31.4 Å². The second kappa shape index (κ2) is 7.39. The second-order valence-electron chi connectivity index (χ2n) is 5.96. The maximum absolute atomic E-state index is 10.1. The molecule has 2 rings (SSSR count). The van der Waals surface area contributed by atoms with Gasteiger partial charge >= 0.3 is 0 Å². The molecule has 1 aliphatic heterocycles. The highest BCUT2D eigenvalue weighted by Gasteiger charge is 2.41. The van der Waals surface area contributed by atoms with Gasteiger partial charge in [0.05, 0.1) is 31.0 Å². The summed E-state index contributed by atoms with van der Waals surface area (Å²) in [5, 5.41) is 41.8. The summed E-state index contributed by atoms with van der Waals surface area (Å²) in [6.45, 7) is 3.73. The highest BCUT2D eigenvalue weighted by Crippen LogP contribution is 2.23. The Bertz CT molecular complexity index is 475. The van der Waals surface area contributed by atoms with Crippen molar-refractivity contribution in [3.05, 3.63) is 29.3 Å². The molecule has 0 saturated carbocycles. The Hall–Kier alpha value is -1.18. The molecule has 1 aromatic rings. The Morgan fingerprint density at radius 2 is 1.73 bits per heavy atom. The van der Waals surface area contributed by atoms with E-state index in [1.54, 1.807) is 0 Å². The monoisotopic (exact) mass is 311 g/mol. The fourth-order valence-electron chi connectivity index (χ4n) is 2.88. The number of hydrogen-bond donors (Lipinski definition) is 5. The van der Waals surface area contributed by atoms with E-state index >= 15 is 0 Å². The van der Waals surface area contributed by atoms with Gasteiger partial charge in [-0.25, -0.2) is 0 Å². The van der Waals surface area contributed by atoms with Crippen LogP contribution in [0.1, 0.15) is 17.5 Å². The molecule has 0 aliphatic carbocycles. The number of aryl methyl sites for hydroxylation is 2. The molecule has 5 atom stereocenters. The number of rotatable bonds is 6. The molecule has 0 spiro atoms. The molecule has 5 N–H and O–H groups in total. The molecule has 0 amide bonds. The molecule has 124 valence electrons. The predicted molar refractivity (Wildman–Crippen MR) is 81.8 cm³/mol. The molecule has 1 aromatic carbocycles. The lowest BCUT2D eigenvalue weighted by Crippen LogP contribution is -2.38. The molecular formula is C16H25NO5. The number of hydrogen-bond acceptors (Lipinski definition) is 6. The smallest absolute Gasteiger partial charge is 0.125 e. The molecule has 1 fully saturated rings. The molecule has 1 aliphatic rings. The fourth-order valence-corrected chi connectivity index (χ4v) is 2.88. The Kier molecular flexibility index (Phi) is 5.77. The van der Waals surface area contributed by atoms with Crippen LogP contribution >= 0.6 is 0 Å². The zero-order valence-corrected chi connectivity index (χ0v) is 12.9. The molecule has 0 unspecified atom stereocenters. The lowest BCUT2D eigenvalue weighted by Gasteiger charge is -2.20. The third-order valence-corrected chi connectivity index (χ3v) is 4.15. The molecular weight excluding hydrogens is 286 g/mol. The lowest BCUT2D eigenvalue weighted by atomic mass is 10.0. The van der Waals surface area contributed by atoms with Crippen LogP contribution in [0.4, 0.5) is 0 Å². The first-order chi connectivity index (χ1) is 10.4. The van der Waals surface area contributed by atoms with E-state index in [1.807, 2.05) is 32.0 Å². The van der Waals surface area contributed by atoms with E-state index in [4.69, 9.17) is 9.84 Å². The Balaban J connectivity index is 1.87. The molecule has 0 bridgehead atoms. The van der Waals surface area contributed by atoms with Gasteiger partial charge in [-0.1, -0.05) is 18.2 Å². The predicted octanol–water partition coefficient (Wildman–Crippen LogP) is -0.512. The average molecular weight is 311 g/mol. The first-order valence-electron chi connectivity index (χ1n) is 7.54. The molecule has 0 radical (unpaired) electrons. The van der Waals surface area contributed by atoms with Gasteiger partial charge < -0.3 is 30.5 Å². The third kappa shape index (κ3) is 3.77. The van der Waals surface area contributed by atoms with Crippen molar-refractivity contribution < 1.29 is 25.2 Å². The minimum absolute atomic E-state index is 0.108. The summed E-state index contributed by atoms with van der Waals surface area (Å²) >= 11 is 0.